The number of anilines is 2. The average molecular weight is 380 g/mol. The van der Waals surface area contributed by atoms with E-state index in [2.05, 4.69) is 15.3 Å². The molecule has 0 atom stereocenters. The van der Waals surface area contributed by atoms with E-state index >= 15 is 0 Å². The number of nitrogens with one attached hydrogen (secondary N) is 1. The fourth-order valence-corrected chi connectivity index (χ4v) is 2.79. The standard InChI is InChI=1S/C17H19ClFN5O2/c1-17(2,26)6-7-24-13-8-10(4-5-12(13)23(3)16(24)25)21-14-11(19)9-20-15(18)22-14/h4-5,8-9,26H,6-7H2,1-3H3,(H,20,21,22). The lowest BCUT2D eigenvalue weighted by Gasteiger charge is -2.17. The van der Waals surface area contributed by atoms with Crippen LogP contribution in [0.2, 0.25) is 5.28 Å². The highest BCUT2D eigenvalue weighted by atomic mass is 35.5. The molecular weight excluding hydrogens is 361 g/mol. The molecule has 0 spiro atoms. The van der Waals surface area contributed by atoms with Crippen LogP contribution in [0.3, 0.4) is 0 Å². The zero-order chi connectivity index (χ0) is 19.1. The van der Waals surface area contributed by atoms with Gasteiger partial charge in [-0.05, 0) is 50.1 Å². The highest BCUT2D eigenvalue weighted by Crippen LogP contribution is 2.23. The molecule has 7 nitrogen and oxygen atoms in total. The molecule has 0 unspecified atom stereocenters. The third-order valence-corrected chi connectivity index (χ3v) is 4.25. The number of hydrogen-bond donors (Lipinski definition) is 2. The molecule has 0 aliphatic carbocycles. The highest BCUT2D eigenvalue weighted by Gasteiger charge is 2.17. The summed E-state index contributed by atoms with van der Waals surface area (Å²) in [4.78, 5) is 19.9. The van der Waals surface area contributed by atoms with Crippen molar-refractivity contribution in [1.29, 1.82) is 0 Å². The Labute approximate surface area is 154 Å². The summed E-state index contributed by atoms with van der Waals surface area (Å²) in [5, 5.41) is 12.7. The van der Waals surface area contributed by atoms with Crippen molar-refractivity contribution >= 4 is 34.1 Å². The first-order valence-corrected chi connectivity index (χ1v) is 8.40. The predicted octanol–water partition coefficient (Wildman–Crippen LogP) is 2.83. The Morgan fingerprint density at radius 2 is 2.08 bits per heavy atom. The largest absolute Gasteiger partial charge is 0.390 e. The molecule has 0 saturated carbocycles. The quantitative estimate of drug-likeness (QED) is 0.666. The summed E-state index contributed by atoms with van der Waals surface area (Å²) in [5.74, 6) is -0.687. The maximum Gasteiger partial charge on any atom is 0.328 e. The molecule has 3 aromatic rings. The van der Waals surface area contributed by atoms with E-state index in [1.54, 1.807) is 43.7 Å². The zero-order valence-electron chi connectivity index (χ0n) is 14.6. The van der Waals surface area contributed by atoms with E-state index in [1.165, 1.54) is 4.57 Å². The summed E-state index contributed by atoms with van der Waals surface area (Å²) in [6.45, 7) is 3.74. The molecule has 9 heteroatoms. The molecule has 0 amide bonds. The number of aryl methyl sites for hydroxylation is 2. The number of fused-ring (bicyclic) bond motifs is 1. The first kappa shape index (κ1) is 18.3. The summed E-state index contributed by atoms with van der Waals surface area (Å²) in [7, 11) is 1.68. The maximum atomic E-state index is 13.8. The van der Waals surface area contributed by atoms with E-state index in [4.69, 9.17) is 11.6 Å². The molecular formula is C17H19ClFN5O2. The molecule has 0 saturated heterocycles. The van der Waals surface area contributed by atoms with Crippen LogP contribution in [0.1, 0.15) is 20.3 Å². The van der Waals surface area contributed by atoms with Gasteiger partial charge in [0.1, 0.15) is 0 Å². The number of aliphatic hydroxyl groups is 1. The Kier molecular flexibility index (Phi) is 4.72. The van der Waals surface area contributed by atoms with Crippen LogP contribution in [0, 0.1) is 5.82 Å². The fourth-order valence-electron chi connectivity index (χ4n) is 2.66. The van der Waals surface area contributed by atoms with E-state index in [0.717, 1.165) is 11.7 Å². The number of rotatable bonds is 5. The normalized spacial score (nSPS) is 11.9. The van der Waals surface area contributed by atoms with Crippen molar-refractivity contribution in [2.24, 2.45) is 7.05 Å². The smallest absolute Gasteiger partial charge is 0.328 e. The molecule has 0 aliphatic heterocycles. The topological polar surface area (TPSA) is 85.0 Å². The first-order valence-electron chi connectivity index (χ1n) is 8.02. The van der Waals surface area contributed by atoms with Crippen molar-refractivity contribution < 1.29 is 9.50 Å². The molecule has 0 aliphatic rings. The third kappa shape index (κ3) is 3.71. The number of benzene rings is 1. The molecule has 0 radical (unpaired) electrons. The molecule has 3 rings (SSSR count). The number of halogens is 2. The summed E-state index contributed by atoms with van der Waals surface area (Å²) in [6.07, 6.45) is 1.40. The van der Waals surface area contributed by atoms with Crippen LogP contribution in [0.5, 0.6) is 0 Å². The molecule has 138 valence electrons. The van der Waals surface area contributed by atoms with E-state index < -0.39 is 11.4 Å². The van der Waals surface area contributed by atoms with Gasteiger partial charge in [-0.1, -0.05) is 0 Å². The Bertz CT molecular complexity index is 1020. The van der Waals surface area contributed by atoms with Gasteiger partial charge in [-0.2, -0.15) is 4.98 Å². The summed E-state index contributed by atoms with van der Waals surface area (Å²) < 4.78 is 17.0. The zero-order valence-corrected chi connectivity index (χ0v) is 15.4. The molecule has 2 aromatic heterocycles. The van der Waals surface area contributed by atoms with Crippen LogP contribution in [0.25, 0.3) is 11.0 Å². The Morgan fingerprint density at radius 3 is 2.77 bits per heavy atom. The lowest BCUT2D eigenvalue weighted by atomic mass is 10.1. The van der Waals surface area contributed by atoms with Gasteiger partial charge in [0.2, 0.25) is 5.28 Å². The van der Waals surface area contributed by atoms with Crippen molar-refractivity contribution in [3.63, 3.8) is 0 Å². The molecule has 1 aromatic carbocycles. The second-order valence-corrected chi connectivity index (χ2v) is 7.06. The van der Waals surface area contributed by atoms with Crippen molar-refractivity contribution in [2.45, 2.75) is 32.4 Å². The van der Waals surface area contributed by atoms with Gasteiger partial charge in [-0.15, -0.1) is 0 Å². The van der Waals surface area contributed by atoms with Gasteiger partial charge in [0, 0.05) is 19.3 Å². The summed E-state index contributed by atoms with van der Waals surface area (Å²) in [5.41, 5.74) is 0.884. The number of aromatic nitrogens is 4. The van der Waals surface area contributed by atoms with Crippen LogP contribution in [0.15, 0.2) is 29.2 Å². The van der Waals surface area contributed by atoms with Gasteiger partial charge in [0.25, 0.3) is 0 Å². The SMILES string of the molecule is Cn1c(=O)n(CCC(C)(C)O)c2cc(Nc3nc(Cl)ncc3F)ccc21. The summed E-state index contributed by atoms with van der Waals surface area (Å²) in [6, 6.07) is 5.22. The second-order valence-electron chi connectivity index (χ2n) is 6.72. The van der Waals surface area contributed by atoms with Crippen molar-refractivity contribution in [3.05, 3.63) is 46.0 Å². The van der Waals surface area contributed by atoms with Crippen LogP contribution in [-0.2, 0) is 13.6 Å². The predicted molar refractivity (Wildman–Crippen MR) is 98.4 cm³/mol. The Balaban J connectivity index is 2.01. The van der Waals surface area contributed by atoms with E-state index in [0.29, 0.717) is 24.2 Å². The van der Waals surface area contributed by atoms with Gasteiger partial charge < -0.3 is 10.4 Å². The van der Waals surface area contributed by atoms with Crippen molar-refractivity contribution in [2.75, 3.05) is 5.32 Å². The highest BCUT2D eigenvalue weighted by molar-refractivity contribution is 6.28. The number of hydrogen-bond acceptors (Lipinski definition) is 5. The minimum Gasteiger partial charge on any atom is -0.390 e. The van der Waals surface area contributed by atoms with E-state index in [9.17, 15) is 14.3 Å². The van der Waals surface area contributed by atoms with Gasteiger partial charge in [0.05, 0.1) is 22.8 Å². The molecule has 26 heavy (non-hydrogen) atoms. The molecule has 0 bridgehead atoms. The Hall–Kier alpha value is -2.45. The van der Waals surface area contributed by atoms with Crippen LogP contribution < -0.4 is 11.0 Å². The lowest BCUT2D eigenvalue weighted by molar-refractivity contribution is 0.0662. The summed E-state index contributed by atoms with van der Waals surface area (Å²) >= 11 is 5.71. The fraction of sp³-hybridized carbons (Fsp3) is 0.353. The van der Waals surface area contributed by atoms with Gasteiger partial charge >= 0.3 is 5.69 Å². The minimum atomic E-state index is -0.891. The van der Waals surface area contributed by atoms with Crippen molar-refractivity contribution in [3.8, 4) is 0 Å². The average Bonchev–Trinajstić information content (AvgIpc) is 2.79. The number of nitrogens with zero attached hydrogens (tertiary/aromatic N) is 4. The monoisotopic (exact) mass is 379 g/mol. The van der Waals surface area contributed by atoms with Gasteiger partial charge in [0.15, 0.2) is 11.6 Å². The van der Waals surface area contributed by atoms with Gasteiger partial charge in [-0.25, -0.2) is 14.2 Å². The Morgan fingerprint density at radius 1 is 1.35 bits per heavy atom. The van der Waals surface area contributed by atoms with E-state index in [1.807, 2.05) is 0 Å². The van der Waals surface area contributed by atoms with Crippen LogP contribution in [0.4, 0.5) is 15.9 Å². The number of imidazole rings is 1. The van der Waals surface area contributed by atoms with Crippen LogP contribution >= 0.6 is 11.6 Å². The second kappa shape index (κ2) is 6.69. The van der Waals surface area contributed by atoms with Crippen LogP contribution in [-0.4, -0.2) is 29.8 Å². The first-order chi connectivity index (χ1) is 12.2. The third-order valence-electron chi connectivity index (χ3n) is 4.07. The lowest BCUT2D eigenvalue weighted by Crippen LogP contribution is -2.27. The van der Waals surface area contributed by atoms with Crippen molar-refractivity contribution in [1.82, 2.24) is 19.1 Å². The van der Waals surface area contributed by atoms with E-state index in [-0.39, 0.29) is 16.8 Å². The van der Waals surface area contributed by atoms with Gasteiger partial charge in [-0.3, -0.25) is 9.13 Å². The molecule has 0 fully saturated rings. The molecule has 2 N–H and O–H groups in total. The maximum absolute atomic E-state index is 13.8. The minimum absolute atomic E-state index is 0.0503. The molecule has 2 heterocycles.